The molecule has 0 amide bonds. The van der Waals surface area contributed by atoms with Gasteiger partial charge in [-0.2, -0.15) is 4.31 Å². The second-order valence-electron chi connectivity index (χ2n) is 5.55. The van der Waals surface area contributed by atoms with Gasteiger partial charge in [-0.25, -0.2) is 12.8 Å². The summed E-state index contributed by atoms with van der Waals surface area (Å²) in [4.78, 5) is -0.310. The molecule has 0 atom stereocenters. The molecule has 136 valence electrons. The van der Waals surface area contributed by atoms with Crippen LogP contribution in [0.25, 0.3) is 0 Å². The fraction of sp³-hybridized carbons (Fsp3) is 0.333. The van der Waals surface area contributed by atoms with Gasteiger partial charge < -0.3 is 9.47 Å². The topological polar surface area (TPSA) is 55.8 Å². The van der Waals surface area contributed by atoms with Gasteiger partial charge >= 0.3 is 0 Å². The molecule has 5 nitrogen and oxygen atoms in total. The summed E-state index contributed by atoms with van der Waals surface area (Å²) in [5, 5.41) is 0. The lowest BCUT2D eigenvalue weighted by Crippen LogP contribution is -2.31. The number of sulfonamides is 1. The van der Waals surface area contributed by atoms with Crippen molar-refractivity contribution in [2.45, 2.75) is 25.3 Å². The van der Waals surface area contributed by atoms with Crippen molar-refractivity contribution in [1.82, 2.24) is 4.31 Å². The maximum absolute atomic E-state index is 14.1. The second kappa shape index (κ2) is 7.84. The van der Waals surface area contributed by atoms with Crippen molar-refractivity contribution in [2.24, 2.45) is 0 Å². The van der Waals surface area contributed by atoms with Gasteiger partial charge in [-0.1, -0.05) is 19.1 Å². The number of aryl methyl sites for hydroxylation is 1. The zero-order valence-corrected chi connectivity index (χ0v) is 15.6. The molecule has 0 spiro atoms. The quantitative estimate of drug-likeness (QED) is 0.753. The minimum absolute atomic E-state index is 0.104. The van der Waals surface area contributed by atoms with Crippen LogP contribution in [0, 0.1) is 12.7 Å². The van der Waals surface area contributed by atoms with Crippen LogP contribution in [0.5, 0.6) is 11.5 Å². The summed E-state index contributed by atoms with van der Waals surface area (Å²) >= 11 is 0. The normalized spacial score (nSPS) is 11.6. The zero-order chi connectivity index (χ0) is 18.6. The first kappa shape index (κ1) is 19.2. The lowest BCUT2D eigenvalue weighted by Gasteiger charge is -2.21. The molecule has 0 radical (unpaired) electrons. The molecule has 0 bridgehead atoms. The summed E-state index contributed by atoms with van der Waals surface area (Å²) in [6.07, 6.45) is 0. The van der Waals surface area contributed by atoms with Crippen molar-refractivity contribution in [3.63, 3.8) is 0 Å². The lowest BCUT2D eigenvalue weighted by molar-refractivity contribution is 0.353. The summed E-state index contributed by atoms with van der Waals surface area (Å²) < 4.78 is 51.4. The van der Waals surface area contributed by atoms with Crippen LogP contribution in [-0.2, 0) is 16.6 Å². The number of nitrogens with zero attached hydrogens (tertiary/aromatic N) is 1. The lowest BCUT2D eigenvalue weighted by atomic mass is 10.2. The van der Waals surface area contributed by atoms with Crippen molar-refractivity contribution in [3.8, 4) is 11.5 Å². The SMILES string of the molecule is CCN(Cc1ccc(OC)c(OC)c1)S(=O)(=O)c1cc(C)ccc1F. The van der Waals surface area contributed by atoms with Crippen LogP contribution in [0.2, 0.25) is 0 Å². The smallest absolute Gasteiger partial charge is 0.246 e. The van der Waals surface area contributed by atoms with E-state index in [1.54, 1.807) is 38.1 Å². The number of hydrogen-bond donors (Lipinski definition) is 0. The Hall–Kier alpha value is -2.12. The Morgan fingerprint density at radius 1 is 1.04 bits per heavy atom. The minimum Gasteiger partial charge on any atom is -0.493 e. The Kier molecular flexibility index (Phi) is 6.02. The monoisotopic (exact) mass is 367 g/mol. The molecule has 0 saturated carbocycles. The standard InChI is InChI=1S/C18H22FNO4S/c1-5-20(12-14-7-9-16(23-3)17(11-14)24-4)25(21,22)18-10-13(2)6-8-15(18)19/h6-11H,5,12H2,1-4H3. The molecule has 2 aromatic rings. The third-order valence-corrected chi connectivity index (χ3v) is 5.80. The molecule has 2 aromatic carbocycles. The second-order valence-corrected chi connectivity index (χ2v) is 7.46. The highest BCUT2D eigenvalue weighted by molar-refractivity contribution is 7.89. The van der Waals surface area contributed by atoms with E-state index >= 15 is 0 Å². The van der Waals surface area contributed by atoms with Gasteiger partial charge in [0, 0.05) is 13.1 Å². The van der Waals surface area contributed by atoms with Gasteiger partial charge in [0.25, 0.3) is 0 Å². The van der Waals surface area contributed by atoms with Gasteiger partial charge in [-0.15, -0.1) is 0 Å². The summed E-state index contributed by atoms with van der Waals surface area (Å²) in [5.74, 6) is 0.313. The predicted molar refractivity (Wildman–Crippen MR) is 94.0 cm³/mol. The van der Waals surface area contributed by atoms with Crippen LogP contribution in [0.1, 0.15) is 18.1 Å². The number of rotatable bonds is 7. The molecular weight excluding hydrogens is 345 g/mol. The molecule has 0 fully saturated rings. The van der Waals surface area contributed by atoms with Crippen LogP contribution in [-0.4, -0.2) is 33.5 Å². The van der Waals surface area contributed by atoms with E-state index < -0.39 is 15.8 Å². The number of ether oxygens (including phenoxy) is 2. The van der Waals surface area contributed by atoms with Crippen LogP contribution >= 0.6 is 0 Å². The predicted octanol–water partition coefficient (Wildman–Crippen LogP) is 3.36. The van der Waals surface area contributed by atoms with Gasteiger partial charge in [0.05, 0.1) is 14.2 Å². The third kappa shape index (κ3) is 4.11. The molecule has 0 aromatic heterocycles. The van der Waals surface area contributed by atoms with E-state index in [0.717, 1.165) is 5.56 Å². The van der Waals surface area contributed by atoms with Crippen molar-refractivity contribution in [2.75, 3.05) is 20.8 Å². The molecule has 0 N–H and O–H groups in total. The summed E-state index contributed by atoms with van der Waals surface area (Å²) in [6.45, 7) is 3.76. The van der Waals surface area contributed by atoms with Gasteiger partial charge in [0.2, 0.25) is 10.0 Å². The van der Waals surface area contributed by atoms with E-state index in [0.29, 0.717) is 17.1 Å². The minimum atomic E-state index is -3.95. The van der Waals surface area contributed by atoms with Gasteiger partial charge in [-0.3, -0.25) is 0 Å². The first-order valence-electron chi connectivity index (χ1n) is 7.80. The van der Waals surface area contributed by atoms with Crippen molar-refractivity contribution >= 4 is 10.0 Å². The fourth-order valence-corrected chi connectivity index (χ4v) is 4.08. The maximum Gasteiger partial charge on any atom is 0.246 e. The maximum atomic E-state index is 14.1. The average molecular weight is 367 g/mol. The van der Waals surface area contributed by atoms with Gasteiger partial charge in [0.1, 0.15) is 10.7 Å². The molecule has 0 aliphatic rings. The Balaban J connectivity index is 2.38. The number of methoxy groups -OCH3 is 2. The average Bonchev–Trinajstić information content (AvgIpc) is 2.61. The van der Waals surface area contributed by atoms with Crippen LogP contribution < -0.4 is 9.47 Å². The van der Waals surface area contributed by atoms with E-state index in [4.69, 9.17) is 9.47 Å². The van der Waals surface area contributed by atoms with E-state index in [2.05, 4.69) is 0 Å². The molecular formula is C18H22FNO4S. The van der Waals surface area contributed by atoms with E-state index in [1.807, 2.05) is 0 Å². The highest BCUT2D eigenvalue weighted by Gasteiger charge is 2.27. The first-order chi connectivity index (χ1) is 11.8. The molecule has 25 heavy (non-hydrogen) atoms. The Bertz CT molecular complexity index is 852. The van der Waals surface area contributed by atoms with Crippen LogP contribution in [0.3, 0.4) is 0 Å². The van der Waals surface area contributed by atoms with Crippen LogP contribution in [0.4, 0.5) is 4.39 Å². The highest BCUT2D eigenvalue weighted by atomic mass is 32.2. The fourth-order valence-electron chi connectivity index (χ4n) is 2.50. The van der Waals surface area contributed by atoms with Crippen molar-refractivity contribution in [1.29, 1.82) is 0 Å². The van der Waals surface area contributed by atoms with Gasteiger partial charge in [0.15, 0.2) is 11.5 Å². The van der Waals surface area contributed by atoms with Crippen molar-refractivity contribution in [3.05, 3.63) is 53.3 Å². The molecule has 0 aliphatic heterocycles. The molecule has 2 rings (SSSR count). The highest BCUT2D eigenvalue weighted by Crippen LogP contribution is 2.29. The zero-order valence-electron chi connectivity index (χ0n) is 14.7. The Morgan fingerprint density at radius 2 is 1.72 bits per heavy atom. The van der Waals surface area contributed by atoms with Crippen LogP contribution in [0.15, 0.2) is 41.3 Å². The molecule has 0 heterocycles. The third-order valence-electron chi connectivity index (χ3n) is 3.86. The largest absolute Gasteiger partial charge is 0.493 e. The number of benzene rings is 2. The molecule has 0 aliphatic carbocycles. The number of halogens is 1. The Labute approximate surface area is 148 Å². The summed E-state index contributed by atoms with van der Waals surface area (Å²) in [5.41, 5.74) is 1.40. The molecule has 0 saturated heterocycles. The Morgan fingerprint density at radius 3 is 2.32 bits per heavy atom. The first-order valence-corrected chi connectivity index (χ1v) is 9.24. The van der Waals surface area contributed by atoms with E-state index in [1.165, 1.54) is 30.7 Å². The summed E-state index contributed by atoms with van der Waals surface area (Å²) in [6, 6.07) is 9.24. The molecule has 0 unspecified atom stereocenters. The van der Waals surface area contributed by atoms with Crippen molar-refractivity contribution < 1.29 is 22.3 Å². The van der Waals surface area contributed by atoms with E-state index in [9.17, 15) is 12.8 Å². The number of hydrogen-bond acceptors (Lipinski definition) is 4. The van der Waals surface area contributed by atoms with E-state index in [-0.39, 0.29) is 18.0 Å². The molecule has 7 heteroatoms. The summed E-state index contributed by atoms with van der Waals surface area (Å²) in [7, 11) is -0.911. The van der Waals surface area contributed by atoms with Gasteiger partial charge in [-0.05, 0) is 42.3 Å².